The molecule has 1 aliphatic heterocycles. The van der Waals surface area contributed by atoms with Gasteiger partial charge in [-0.15, -0.1) is 0 Å². The minimum Gasteiger partial charge on any atom is -0.334 e. The van der Waals surface area contributed by atoms with E-state index in [1.54, 1.807) is 30.6 Å². The average molecular weight is 446 g/mol. The van der Waals surface area contributed by atoms with Crippen LogP contribution in [0, 0.1) is 5.92 Å². The predicted molar refractivity (Wildman–Crippen MR) is 117 cm³/mol. The van der Waals surface area contributed by atoms with Crippen LogP contribution in [0.3, 0.4) is 0 Å². The van der Waals surface area contributed by atoms with Gasteiger partial charge in [0.15, 0.2) is 0 Å². The van der Waals surface area contributed by atoms with E-state index in [1.165, 1.54) is 4.90 Å². The van der Waals surface area contributed by atoms with Gasteiger partial charge in [0.1, 0.15) is 5.84 Å². The van der Waals surface area contributed by atoms with Gasteiger partial charge in [0, 0.05) is 30.0 Å². The number of amidine groups is 1. The number of nitrogens with zero attached hydrogens (tertiary/aromatic N) is 3. The molecule has 2 unspecified atom stereocenters. The summed E-state index contributed by atoms with van der Waals surface area (Å²) >= 11 is 12.0. The standard InChI is InChI=1S/C21H21Cl2N5O2/c22-16-8-7-14(10-17(16)23)25-20(29)27-19-15-5-1-2-6-18(15)26-21(30)28(19)12-13-4-3-9-24-11-13/h3-4,7-11,15,18H,1-2,5-6,12H2,(H,25,29)(H,26,30)/b27-19+. The van der Waals surface area contributed by atoms with Crippen LogP contribution >= 0.6 is 23.2 Å². The van der Waals surface area contributed by atoms with Gasteiger partial charge in [-0.3, -0.25) is 9.88 Å². The zero-order chi connectivity index (χ0) is 21.1. The van der Waals surface area contributed by atoms with E-state index >= 15 is 0 Å². The number of benzene rings is 1. The molecule has 1 aliphatic carbocycles. The summed E-state index contributed by atoms with van der Waals surface area (Å²) in [5.74, 6) is 0.484. The Bertz CT molecular complexity index is 983. The predicted octanol–water partition coefficient (Wildman–Crippen LogP) is 5.10. The molecule has 0 bridgehead atoms. The molecule has 2 atom stereocenters. The summed E-state index contributed by atoms with van der Waals surface area (Å²) in [5, 5.41) is 6.53. The number of hydrogen-bond donors (Lipinski definition) is 2. The van der Waals surface area contributed by atoms with Crippen molar-refractivity contribution in [3.63, 3.8) is 0 Å². The normalized spacial score (nSPS) is 22.4. The summed E-state index contributed by atoms with van der Waals surface area (Å²) in [5.41, 5.74) is 1.34. The van der Waals surface area contributed by atoms with Gasteiger partial charge in [0.25, 0.3) is 0 Å². The second kappa shape index (κ2) is 9.02. The van der Waals surface area contributed by atoms with Gasteiger partial charge in [0.2, 0.25) is 0 Å². The second-order valence-corrected chi connectivity index (χ2v) is 8.24. The minimum atomic E-state index is -0.557. The van der Waals surface area contributed by atoms with E-state index in [-0.39, 0.29) is 18.0 Å². The number of urea groups is 2. The second-order valence-electron chi connectivity index (χ2n) is 7.42. The lowest BCUT2D eigenvalue weighted by Gasteiger charge is -2.42. The highest BCUT2D eigenvalue weighted by atomic mass is 35.5. The summed E-state index contributed by atoms with van der Waals surface area (Å²) in [6, 6.07) is 7.71. The first-order chi connectivity index (χ1) is 14.5. The summed E-state index contributed by atoms with van der Waals surface area (Å²) in [7, 11) is 0. The molecular formula is C21H21Cl2N5O2. The van der Waals surface area contributed by atoms with Crippen LogP contribution in [0.15, 0.2) is 47.7 Å². The molecule has 1 saturated carbocycles. The Hall–Kier alpha value is -2.64. The molecule has 2 aromatic rings. The Morgan fingerprint density at radius 2 is 2.07 bits per heavy atom. The zero-order valence-corrected chi connectivity index (χ0v) is 17.7. The maximum atomic E-state index is 12.8. The van der Waals surface area contributed by atoms with Gasteiger partial charge in [-0.2, -0.15) is 4.99 Å². The number of halogens is 2. The van der Waals surface area contributed by atoms with Crippen LogP contribution in [0.25, 0.3) is 0 Å². The van der Waals surface area contributed by atoms with Gasteiger partial charge < -0.3 is 10.6 Å². The highest BCUT2D eigenvalue weighted by molar-refractivity contribution is 6.42. The molecule has 156 valence electrons. The highest BCUT2D eigenvalue weighted by Gasteiger charge is 2.40. The topological polar surface area (TPSA) is 86.7 Å². The first kappa shape index (κ1) is 20.6. The molecule has 9 heteroatoms. The first-order valence-electron chi connectivity index (χ1n) is 9.83. The molecule has 4 amide bonds. The van der Waals surface area contributed by atoms with Crippen LogP contribution in [0.2, 0.25) is 10.0 Å². The number of rotatable bonds is 3. The molecule has 2 fully saturated rings. The fraction of sp³-hybridized carbons (Fsp3) is 0.333. The fourth-order valence-corrected chi connectivity index (χ4v) is 4.25. The quantitative estimate of drug-likeness (QED) is 0.688. The number of fused-ring (bicyclic) bond motifs is 1. The monoisotopic (exact) mass is 445 g/mol. The minimum absolute atomic E-state index is 0.00655. The molecule has 0 spiro atoms. The van der Waals surface area contributed by atoms with E-state index in [1.807, 2.05) is 12.1 Å². The summed E-state index contributed by atoms with van der Waals surface area (Å²) in [6.07, 6.45) is 7.21. The molecule has 2 N–H and O–H groups in total. The number of aromatic nitrogens is 1. The molecule has 7 nitrogen and oxygen atoms in total. The molecule has 2 aliphatic rings. The van der Waals surface area contributed by atoms with Gasteiger partial charge in [-0.1, -0.05) is 42.1 Å². The van der Waals surface area contributed by atoms with Crippen molar-refractivity contribution in [1.82, 2.24) is 15.2 Å². The number of hydrogen-bond acceptors (Lipinski definition) is 3. The molecule has 4 rings (SSSR count). The zero-order valence-electron chi connectivity index (χ0n) is 16.1. The first-order valence-corrected chi connectivity index (χ1v) is 10.6. The smallest absolute Gasteiger partial charge is 0.334 e. The Morgan fingerprint density at radius 3 is 2.83 bits per heavy atom. The number of aliphatic imine (C=N–C) groups is 1. The van der Waals surface area contributed by atoms with Crippen molar-refractivity contribution in [2.45, 2.75) is 38.3 Å². The van der Waals surface area contributed by atoms with Crippen molar-refractivity contribution in [3.8, 4) is 0 Å². The van der Waals surface area contributed by atoms with Crippen molar-refractivity contribution < 1.29 is 9.59 Å². The van der Waals surface area contributed by atoms with Gasteiger partial charge in [0.05, 0.1) is 16.6 Å². The molecule has 0 radical (unpaired) electrons. The van der Waals surface area contributed by atoms with E-state index in [2.05, 4.69) is 20.6 Å². The fourth-order valence-electron chi connectivity index (χ4n) is 3.95. The van der Waals surface area contributed by atoms with Crippen molar-refractivity contribution in [1.29, 1.82) is 0 Å². The van der Waals surface area contributed by atoms with Crippen molar-refractivity contribution in [2.24, 2.45) is 10.9 Å². The van der Waals surface area contributed by atoms with Crippen molar-refractivity contribution in [2.75, 3.05) is 5.32 Å². The van der Waals surface area contributed by atoms with Crippen LogP contribution in [0.1, 0.15) is 31.2 Å². The maximum absolute atomic E-state index is 12.8. The van der Waals surface area contributed by atoms with E-state index in [9.17, 15) is 9.59 Å². The lowest BCUT2D eigenvalue weighted by Crippen LogP contribution is -2.60. The van der Waals surface area contributed by atoms with Gasteiger partial charge in [-0.25, -0.2) is 9.59 Å². The molecule has 30 heavy (non-hydrogen) atoms. The molecular weight excluding hydrogens is 425 g/mol. The summed E-state index contributed by atoms with van der Waals surface area (Å²) < 4.78 is 0. The Balaban J connectivity index is 1.62. The largest absolute Gasteiger partial charge is 0.347 e. The third kappa shape index (κ3) is 4.57. The lowest BCUT2D eigenvalue weighted by atomic mass is 9.82. The average Bonchev–Trinajstić information content (AvgIpc) is 2.74. The third-order valence-electron chi connectivity index (χ3n) is 5.38. The number of carbonyl (C=O) groups is 2. The van der Waals surface area contributed by atoms with E-state index < -0.39 is 6.03 Å². The number of carbonyl (C=O) groups excluding carboxylic acids is 2. The molecule has 1 saturated heterocycles. The number of nitrogens with one attached hydrogen (secondary N) is 2. The SMILES string of the molecule is O=C(/N=C1\C2CCCCC2NC(=O)N1Cc1cccnc1)Nc1ccc(Cl)c(Cl)c1. The lowest BCUT2D eigenvalue weighted by molar-refractivity contribution is 0.187. The van der Waals surface area contributed by atoms with E-state index in [4.69, 9.17) is 23.2 Å². The van der Waals surface area contributed by atoms with Gasteiger partial charge in [-0.05, 0) is 42.7 Å². The van der Waals surface area contributed by atoms with Crippen LogP contribution in [-0.2, 0) is 6.54 Å². The Labute approximate surface area is 184 Å². The maximum Gasteiger partial charge on any atom is 0.347 e. The number of anilines is 1. The highest BCUT2D eigenvalue weighted by Crippen LogP contribution is 2.31. The Kier molecular flexibility index (Phi) is 6.20. The van der Waals surface area contributed by atoms with Gasteiger partial charge >= 0.3 is 12.1 Å². The third-order valence-corrected chi connectivity index (χ3v) is 6.12. The summed E-state index contributed by atoms with van der Waals surface area (Å²) in [4.78, 5) is 35.5. The van der Waals surface area contributed by atoms with Crippen molar-refractivity contribution >= 4 is 46.8 Å². The number of pyridine rings is 1. The van der Waals surface area contributed by atoms with Crippen molar-refractivity contribution in [3.05, 3.63) is 58.3 Å². The summed E-state index contributed by atoms with van der Waals surface area (Å²) in [6.45, 7) is 0.293. The van der Waals surface area contributed by atoms with E-state index in [0.29, 0.717) is 28.1 Å². The van der Waals surface area contributed by atoms with Crippen LogP contribution in [-0.4, -0.2) is 33.8 Å². The van der Waals surface area contributed by atoms with Crippen LogP contribution in [0.4, 0.5) is 15.3 Å². The number of amides is 4. The van der Waals surface area contributed by atoms with Crippen LogP contribution < -0.4 is 10.6 Å². The Morgan fingerprint density at radius 1 is 1.23 bits per heavy atom. The molecule has 2 heterocycles. The molecule has 1 aromatic heterocycles. The van der Waals surface area contributed by atoms with Crippen LogP contribution in [0.5, 0.6) is 0 Å². The van der Waals surface area contributed by atoms with E-state index in [0.717, 1.165) is 31.2 Å². The molecule has 1 aromatic carbocycles.